The number of rotatable bonds is 4. The number of anilines is 1. The number of hydrogen-bond acceptors (Lipinski definition) is 5. The molecule has 0 spiro atoms. The summed E-state index contributed by atoms with van der Waals surface area (Å²) in [5.41, 5.74) is 8.21. The first-order valence-corrected chi connectivity index (χ1v) is 6.27. The van der Waals surface area contributed by atoms with Gasteiger partial charge in [-0.15, -0.1) is 10.2 Å². The molecule has 0 saturated carbocycles. The third kappa shape index (κ3) is 3.25. The number of aromatic nitrogens is 2. The Morgan fingerprint density at radius 2 is 2.00 bits per heavy atom. The van der Waals surface area contributed by atoms with Gasteiger partial charge in [-0.3, -0.25) is 4.90 Å². The quantitative estimate of drug-likeness (QED) is 0.900. The second-order valence-corrected chi connectivity index (χ2v) is 5.23. The zero-order chi connectivity index (χ0) is 12.3. The van der Waals surface area contributed by atoms with Gasteiger partial charge in [0.1, 0.15) is 5.01 Å². The van der Waals surface area contributed by atoms with Gasteiger partial charge in [-0.25, -0.2) is 0 Å². The highest BCUT2D eigenvalue weighted by molar-refractivity contribution is 7.15. The molecule has 0 aliphatic carbocycles. The van der Waals surface area contributed by atoms with Crippen LogP contribution in [0.3, 0.4) is 0 Å². The molecule has 1 aromatic heterocycles. The van der Waals surface area contributed by atoms with Gasteiger partial charge in [-0.05, 0) is 25.1 Å². The van der Waals surface area contributed by atoms with Gasteiger partial charge in [0.25, 0.3) is 0 Å². The zero-order valence-corrected chi connectivity index (χ0v) is 10.9. The summed E-state index contributed by atoms with van der Waals surface area (Å²) in [5.74, 6) is 0. The number of nitrogen functional groups attached to an aromatic ring is 1. The van der Waals surface area contributed by atoms with Crippen molar-refractivity contribution in [2.24, 2.45) is 0 Å². The SMILES string of the molecule is Cc1ccccc1CN(C)Cc1nnc(N)s1. The summed E-state index contributed by atoms with van der Waals surface area (Å²) >= 11 is 1.44. The minimum atomic E-state index is 0.532. The van der Waals surface area contributed by atoms with Crippen LogP contribution in [-0.2, 0) is 13.1 Å². The van der Waals surface area contributed by atoms with Crippen LogP contribution in [-0.4, -0.2) is 22.1 Å². The summed E-state index contributed by atoms with van der Waals surface area (Å²) < 4.78 is 0. The molecule has 4 nitrogen and oxygen atoms in total. The lowest BCUT2D eigenvalue weighted by Crippen LogP contribution is -2.17. The van der Waals surface area contributed by atoms with E-state index in [4.69, 9.17) is 5.73 Å². The van der Waals surface area contributed by atoms with Gasteiger partial charge in [0.05, 0.1) is 6.54 Å². The average Bonchev–Trinajstić information content (AvgIpc) is 2.67. The van der Waals surface area contributed by atoms with Gasteiger partial charge in [0.2, 0.25) is 5.13 Å². The monoisotopic (exact) mass is 248 g/mol. The molecule has 1 aromatic carbocycles. The number of hydrogen-bond donors (Lipinski definition) is 1. The predicted octanol–water partition coefficient (Wildman–Crippen LogP) is 2.06. The maximum atomic E-state index is 5.56. The van der Waals surface area contributed by atoms with E-state index in [1.54, 1.807) is 0 Å². The van der Waals surface area contributed by atoms with Gasteiger partial charge in [-0.1, -0.05) is 35.6 Å². The summed E-state index contributed by atoms with van der Waals surface area (Å²) in [7, 11) is 2.07. The zero-order valence-electron chi connectivity index (χ0n) is 10.1. The molecule has 0 amide bonds. The van der Waals surface area contributed by atoms with E-state index >= 15 is 0 Å². The van der Waals surface area contributed by atoms with Gasteiger partial charge < -0.3 is 5.73 Å². The second-order valence-electron chi connectivity index (χ2n) is 4.13. The van der Waals surface area contributed by atoms with E-state index < -0.39 is 0 Å². The highest BCUT2D eigenvalue weighted by Gasteiger charge is 2.07. The minimum absolute atomic E-state index is 0.532. The average molecular weight is 248 g/mol. The van der Waals surface area contributed by atoms with Crippen LogP contribution in [0.5, 0.6) is 0 Å². The van der Waals surface area contributed by atoms with Gasteiger partial charge in [-0.2, -0.15) is 0 Å². The van der Waals surface area contributed by atoms with Crippen LogP contribution in [0.2, 0.25) is 0 Å². The van der Waals surface area contributed by atoms with Crippen molar-refractivity contribution in [2.45, 2.75) is 20.0 Å². The number of nitrogens with zero attached hydrogens (tertiary/aromatic N) is 3. The summed E-state index contributed by atoms with van der Waals surface area (Å²) in [6.07, 6.45) is 0. The minimum Gasteiger partial charge on any atom is -0.374 e. The van der Waals surface area contributed by atoms with E-state index in [1.165, 1.54) is 22.5 Å². The van der Waals surface area contributed by atoms with Crippen LogP contribution < -0.4 is 5.73 Å². The molecule has 0 saturated heterocycles. The molecule has 2 rings (SSSR count). The fourth-order valence-corrected chi connectivity index (χ4v) is 2.39. The largest absolute Gasteiger partial charge is 0.374 e. The summed E-state index contributed by atoms with van der Waals surface area (Å²) in [4.78, 5) is 2.21. The standard InChI is InChI=1S/C12H16N4S/c1-9-5-3-4-6-10(9)7-16(2)8-11-14-15-12(13)17-11/h3-6H,7-8H2,1-2H3,(H2,13,15). The Balaban J connectivity index is 1.98. The number of nitrogens with two attached hydrogens (primary N) is 1. The molecule has 0 fully saturated rings. The lowest BCUT2D eigenvalue weighted by atomic mass is 10.1. The normalized spacial score (nSPS) is 11.0. The van der Waals surface area contributed by atoms with Crippen LogP contribution in [0, 0.1) is 6.92 Å². The smallest absolute Gasteiger partial charge is 0.203 e. The first-order chi connectivity index (χ1) is 8.15. The fourth-order valence-electron chi connectivity index (χ4n) is 1.70. The van der Waals surface area contributed by atoms with E-state index in [1.807, 2.05) is 0 Å². The molecule has 0 bridgehead atoms. The van der Waals surface area contributed by atoms with Crippen molar-refractivity contribution in [3.8, 4) is 0 Å². The summed E-state index contributed by atoms with van der Waals surface area (Å²) in [6.45, 7) is 3.82. The molecule has 5 heteroatoms. The van der Waals surface area contributed by atoms with Gasteiger partial charge >= 0.3 is 0 Å². The Morgan fingerprint density at radius 3 is 2.65 bits per heavy atom. The molecule has 2 aromatic rings. The molecule has 0 atom stereocenters. The highest BCUT2D eigenvalue weighted by atomic mass is 32.1. The van der Waals surface area contributed by atoms with E-state index in [2.05, 4.69) is 53.3 Å². The highest BCUT2D eigenvalue weighted by Crippen LogP contribution is 2.15. The molecule has 1 heterocycles. The van der Waals surface area contributed by atoms with Crippen LogP contribution in [0.1, 0.15) is 16.1 Å². The molecule has 0 aliphatic rings. The van der Waals surface area contributed by atoms with Crippen molar-refractivity contribution in [2.75, 3.05) is 12.8 Å². The van der Waals surface area contributed by atoms with Crippen molar-refractivity contribution in [3.63, 3.8) is 0 Å². The Hall–Kier alpha value is -1.46. The fraction of sp³-hybridized carbons (Fsp3) is 0.333. The van der Waals surface area contributed by atoms with Crippen LogP contribution in [0.15, 0.2) is 24.3 Å². The maximum absolute atomic E-state index is 5.56. The number of aryl methyl sites for hydroxylation is 1. The van der Waals surface area contributed by atoms with E-state index in [0.717, 1.165) is 18.1 Å². The first kappa shape index (κ1) is 12.0. The molecule has 0 radical (unpaired) electrons. The van der Waals surface area contributed by atoms with Crippen LogP contribution in [0.25, 0.3) is 0 Å². The van der Waals surface area contributed by atoms with E-state index in [0.29, 0.717) is 5.13 Å². The van der Waals surface area contributed by atoms with Crippen molar-refractivity contribution in [1.82, 2.24) is 15.1 Å². The molecule has 17 heavy (non-hydrogen) atoms. The van der Waals surface area contributed by atoms with Crippen LogP contribution in [0.4, 0.5) is 5.13 Å². The second kappa shape index (κ2) is 5.25. The van der Waals surface area contributed by atoms with Crippen molar-refractivity contribution in [1.29, 1.82) is 0 Å². The Labute approximate surface area is 105 Å². The third-order valence-electron chi connectivity index (χ3n) is 2.59. The summed E-state index contributed by atoms with van der Waals surface area (Å²) in [5, 5.41) is 9.32. The molecule has 0 aliphatic heterocycles. The van der Waals surface area contributed by atoms with Gasteiger partial charge in [0.15, 0.2) is 0 Å². The molecular weight excluding hydrogens is 232 g/mol. The predicted molar refractivity (Wildman–Crippen MR) is 70.7 cm³/mol. The molecule has 2 N–H and O–H groups in total. The van der Waals surface area contributed by atoms with Crippen LogP contribution >= 0.6 is 11.3 Å². The molecule has 90 valence electrons. The number of benzene rings is 1. The van der Waals surface area contributed by atoms with Crippen molar-refractivity contribution >= 4 is 16.5 Å². The molecular formula is C12H16N4S. The first-order valence-electron chi connectivity index (χ1n) is 5.46. The third-order valence-corrected chi connectivity index (χ3v) is 3.33. The van der Waals surface area contributed by atoms with E-state index in [-0.39, 0.29) is 0 Å². The Morgan fingerprint density at radius 1 is 1.24 bits per heavy atom. The van der Waals surface area contributed by atoms with Gasteiger partial charge in [0, 0.05) is 6.54 Å². The van der Waals surface area contributed by atoms with E-state index in [9.17, 15) is 0 Å². The molecule has 0 unspecified atom stereocenters. The Kier molecular flexibility index (Phi) is 3.71. The Bertz CT molecular complexity index is 495. The maximum Gasteiger partial charge on any atom is 0.203 e. The lowest BCUT2D eigenvalue weighted by molar-refractivity contribution is 0.317. The van der Waals surface area contributed by atoms with Crippen molar-refractivity contribution in [3.05, 3.63) is 40.4 Å². The van der Waals surface area contributed by atoms with Crippen molar-refractivity contribution < 1.29 is 0 Å². The summed E-state index contributed by atoms with van der Waals surface area (Å²) in [6, 6.07) is 8.41. The topological polar surface area (TPSA) is 55.0 Å². The lowest BCUT2D eigenvalue weighted by Gasteiger charge is -2.16.